The van der Waals surface area contributed by atoms with Crippen molar-refractivity contribution in [2.45, 2.75) is 64.2 Å². The molecular formula is C28H34N4OS. The van der Waals surface area contributed by atoms with Gasteiger partial charge in [-0.1, -0.05) is 69.4 Å². The van der Waals surface area contributed by atoms with Gasteiger partial charge in [-0.05, 0) is 65.0 Å². The maximum absolute atomic E-state index is 11.7. The van der Waals surface area contributed by atoms with Crippen LogP contribution in [0.4, 0.5) is 10.5 Å². The molecule has 0 radical (unpaired) electrons. The first-order valence-corrected chi connectivity index (χ1v) is 12.7. The second-order valence-electron chi connectivity index (χ2n) is 10.3. The van der Waals surface area contributed by atoms with Crippen molar-refractivity contribution in [3.63, 3.8) is 0 Å². The summed E-state index contributed by atoms with van der Waals surface area (Å²) in [5, 5.41) is 16.5. The number of aromatic nitrogens is 2. The average molecular weight is 475 g/mol. The minimum absolute atomic E-state index is 0.182. The van der Waals surface area contributed by atoms with Gasteiger partial charge in [-0.15, -0.1) is 16.8 Å². The quantitative estimate of drug-likeness (QED) is 0.377. The minimum atomic E-state index is -0.233. The van der Waals surface area contributed by atoms with Gasteiger partial charge in [0.2, 0.25) is 0 Å². The molecule has 4 rings (SSSR count). The lowest BCUT2D eigenvalue weighted by Crippen LogP contribution is -2.33. The number of nitrogens with one attached hydrogen (secondary N) is 2. The van der Waals surface area contributed by atoms with Crippen molar-refractivity contribution in [2.24, 2.45) is 0 Å². The Labute approximate surface area is 206 Å². The topological polar surface area (TPSA) is 66.9 Å². The van der Waals surface area contributed by atoms with Crippen molar-refractivity contribution in [3.8, 4) is 10.6 Å². The number of fused-ring (bicyclic) bond motifs is 1. The Bertz CT molecular complexity index is 1180. The van der Waals surface area contributed by atoms with Crippen LogP contribution in [0.15, 0.2) is 55.1 Å². The second kappa shape index (κ2) is 9.71. The fourth-order valence-corrected chi connectivity index (χ4v) is 5.37. The van der Waals surface area contributed by atoms with E-state index in [4.69, 9.17) is 0 Å². The summed E-state index contributed by atoms with van der Waals surface area (Å²) in [7, 11) is 0. The molecule has 1 aliphatic rings. The lowest BCUT2D eigenvalue weighted by Gasteiger charge is -2.42. The molecule has 2 aromatic carbocycles. The molecule has 0 fully saturated rings. The number of anilines is 1. The van der Waals surface area contributed by atoms with Crippen LogP contribution in [-0.4, -0.2) is 22.8 Å². The minimum Gasteiger partial charge on any atom is -0.334 e. The molecule has 0 unspecified atom stereocenters. The number of urea groups is 1. The van der Waals surface area contributed by atoms with E-state index in [1.807, 2.05) is 24.3 Å². The van der Waals surface area contributed by atoms with Gasteiger partial charge in [0, 0.05) is 24.2 Å². The highest BCUT2D eigenvalue weighted by molar-refractivity contribution is 7.14. The van der Waals surface area contributed by atoms with E-state index >= 15 is 0 Å². The zero-order valence-electron chi connectivity index (χ0n) is 20.6. The second-order valence-corrected chi connectivity index (χ2v) is 11.4. The molecule has 0 spiro atoms. The van der Waals surface area contributed by atoms with E-state index in [-0.39, 0.29) is 16.9 Å². The Morgan fingerprint density at radius 1 is 1.00 bits per heavy atom. The van der Waals surface area contributed by atoms with Gasteiger partial charge < -0.3 is 10.6 Å². The lowest BCUT2D eigenvalue weighted by atomic mass is 9.63. The van der Waals surface area contributed by atoms with Crippen LogP contribution in [0, 0.1) is 0 Å². The van der Waals surface area contributed by atoms with E-state index in [2.05, 4.69) is 73.3 Å². The predicted molar refractivity (Wildman–Crippen MR) is 142 cm³/mol. The fraction of sp³-hybridized carbons (Fsp3) is 0.393. The fourth-order valence-electron chi connectivity index (χ4n) is 4.54. The van der Waals surface area contributed by atoms with Crippen molar-refractivity contribution in [2.75, 3.05) is 11.9 Å². The average Bonchev–Trinajstić information content (AvgIpc) is 3.29. The lowest BCUT2D eigenvalue weighted by molar-refractivity contribution is 0.253. The number of rotatable bonds is 7. The van der Waals surface area contributed by atoms with Crippen LogP contribution in [0.25, 0.3) is 10.6 Å². The molecular weight excluding hydrogens is 440 g/mol. The Balaban J connectivity index is 1.41. The van der Waals surface area contributed by atoms with Crippen LogP contribution in [0.3, 0.4) is 0 Å². The number of hydrogen-bond acceptors (Lipinski definition) is 4. The third-order valence-corrected chi connectivity index (χ3v) is 7.85. The van der Waals surface area contributed by atoms with Gasteiger partial charge in [0.1, 0.15) is 10.0 Å². The van der Waals surface area contributed by atoms with Crippen LogP contribution >= 0.6 is 11.3 Å². The first-order valence-electron chi connectivity index (χ1n) is 11.9. The van der Waals surface area contributed by atoms with Crippen molar-refractivity contribution in [1.29, 1.82) is 0 Å². The molecule has 0 bridgehead atoms. The summed E-state index contributed by atoms with van der Waals surface area (Å²) in [5.41, 5.74) is 6.45. The molecule has 2 amide bonds. The summed E-state index contributed by atoms with van der Waals surface area (Å²) in [4.78, 5) is 11.7. The number of carbonyl (C=O) groups excluding carboxylic acids is 1. The van der Waals surface area contributed by atoms with Crippen molar-refractivity contribution >= 4 is 23.1 Å². The zero-order valence-corrected chi connectivity index (χ0v) is 21.4. The number of nitrogens with zero attached hydrogens (tertiary/aromatic N) is 2. The van der Waals surface area contributed by atoms with Gasteiger partial charge in [-0.2, -0.15) is 0 Å². The number of carbonyl (C=O) groups is 1. The molecule has 2 N–H and O–H groups in total. The largest absolute Gasteiger partial charge is 0.334 e. The van der Waals surface area contributed by atoms with Gasteiger partial charge in [0.25, 0.3) is 0 Å². The Hall–Kier alpha value is -2.99. The molecule has 5 nitrogen and oxygen atoms in total. The predicted octanol–water partition coefficient (Wildman–Crippen LogP) is 6.65. The molecule has 3 aromatic rings. The smallest absolute Gasteiger partial charge is 0.319 e. The number of hydrogen-bond donors (Lipinski definition) is 2. The van der Waals surface area contributed by atoms with Crippen LogP contribution in [0.2, 0.25) is 0 Å². The zero-order chi connectivity index (χ0) is 24.3. The van der Waals surface area contributed by atoms with Crippen molar-refractivity contribution in [1.82, 2.24) is 15.5 Å². The highest BCUT2D eigenvalue weighted by atomic mass is 32.1. The van der Waals surface area contributed by atoms with Gasteiger partial charge in [0.15, 0.2) is 0 Å². The molecule has 34 heavy (non-hydrogen) atoms. The van der Waals surface area contributed by atoms with Crippen molar-refractivity contribution < 1.29 is 4.79 Å². The molecule has 6 heteroatoms. The molecule has 1 heterocycles. The summed E-state index contributed by atoms with van der Waals surface area (Å²) < 4.78 is 0. The third-order valence-electron chi connectivity index (χ3n) is 6.81. The Kier molecular flexibility index (Phi) is 6.89. The molecule has 0 saturated carbocycles. The standard InChI is InChI=1S/C28H34N4OS/c1-6-17-29-26(33)30-21-11-7-19(8-12-21)9-14-24-31-32-25(34-24)20-10-13-22-23(18-20)28(4,5)16-15-27(22,2)3/h6-8,10-13,18H,1,9,14-17H2,2-5H3,(H2,29,30,33). The van der Waals surface area contributed by atoms with E-state index in [1.54, 1.807) is 17.4 Å². The summed E-state index contributed by atoms with van der Waals surface area (Å²) in [6, 6.07) is 14.6. The maximum atomic E-state index is 11.7. The number of aryl methyl sites for hydroxylation is 2. The first kappa shape index (κ1) is 24.1. The monoisotopic (exact) mass is 474 g/mol. The molecule has 0 aliphatic heterocycles. The van der Waals surface area contributed by atoms with Crippen molar-refractivity contribution in [3.05, 3.63) is 76.8 Å². The van der Waals surface area contributed by atoms with Gasteiger partial charge >= 0.3 is 6.03 Å². The van der Waals surface area contributed by atoms with E-state index in [0.717, 1.165) is 28.5 Å². The Morgan fingerprint density at radius 3 is 2.41 bits per heavy atom. The normalized spacial score (nSPS) is 15.9. The van der Waals surface area contributed by atoms with E-state index < -0.39 is 0 Å². The van der Waals surface area contributed by atoms with E-state index in [1.165, 1.54) is 35.1 Å². The molecule has 1 aliphatic carbocycles. The van der Waals surface area contributed by atoms with Gasteiger partial charge in [-0.25, -0.2) is 4.79 Å². The summed E-state index contributed by atoms with van der Waals surface area (Å²) in [5.74, 6) is 0. The van der Waals surface area contributed by atoms with Crippen LogP contribution in [0.5, 0.6) is 0 Å². The van der Waals surface area contributed by atoms with Gasteiger partial charge in [0.05, 0.1) is 0 Å². The molecule has 0 saturated heterocycles. The summed E-state index contributed by atoms with van der Waals surface area (Å²) in [6.45, 7) is 13.4. The number of benzene rings is 2. The van der Waals surface area contributed by atoms with Crippen LogP contribution < -0.4 is 10.6 Å². The molecule has 178 valence electrons. The van der Waals surface area contributed by atoms with Crippen LogP contribution in [0.1, 0.15) is 62.2 Å². The van der Waals surface area contributed by atoms with Gasteiger partial charge in [-0.3, -0.25) is 0 Å². The SMILES string of the molecule is C=CCNC(=O)Nc1ccc(CCc2nnc(-c3ccc4c(c3)C(C)(C)CCC4(C)C)s2)cc1. The summed E-state index contributed by atoms with van der Waals surface area (Å²) >= 11 is 1.68. The third kappa shape index (κ3) is 5.39. The highest BCUT2D eigenvalue weighted by Gasteiger charge is 2.37. The first-order chi connectivity index (χ1) is 16.2. The molecule has 0 atom stereocenters. The molecule has 1 aromatic heterocycles. The summed E-state index contributed by atoms with van der Waals surface area (Å²) in [6.07, 6.45) is 5.78. The van der Waals surface area contributed by atoms with E-state index in [9.17, 15) is 4.79 Å². The highest BCUT2D eigenvalue weighted by Crippen LogP contribution is 2.46. The van der Waals surface area contributed by atoms with Crippen LogP contribution in [-0.2, 0) is 23.7 Å². The Morgan fingerprint density at radius 2 is 1.71 bits per heavy atom. The maximum Gasteiger partial charge on any atom is 0.319 e. The van der Waals surface area contributed by atoms with E-state index in [0.29, 0.717) is 6.54 Å². The number of amides is 2.